The first kappa shape index (κ1) is 24.2. The topological polar surface area (TPSA) is 96.0 Å². The highest BCUT2D eigenvalue weighted by Gasteiger charge is 2.38. The molecule has 0 bridgehead atoms. The molecule has 0 radical (unpaired) electrons. The van der Waals surface area contributed by atoms with Gasteiger partial charge in [-0.3, -0.25) is 14.4 Å². The van der Waals surface area contributed by atoms with Crippen LogP contribution in [0.4, 0.5) is 17.1 Å². The molecule has 3 amide bonds. The van der Waals surface area contributed by atoms with Crippen LogP contribution in [0.3, 0.4) is 0 Å². The van der Waals surface area contributed by atoms with E-state index in [4.69, 9.17) is 4.74 Å². The minimum Gasteiger partial charge on any atom is -0.452 e. The Hall–Kier alpha value is -4.46. The van der Waals surface area contributed by atoms with E-state index in [1.807, 2.05) is 50.2 Å². The second kappa shape index (κ2) is 9.89. The highest BCUT2D eigenvalue weighted by Crippen LogP contribution is 2.32. The zero-order valence-corrected chi connectivity index (χ0v) is 20.7. The molecule has 0 saturated carbocycles. The number of anilines is 3. The number of carbonyl (C=O) groups excluding carboxylic acids is 4. The van der Waals surface area contributed by atoms with Crippen LogP contribution in [0, 0.1) is 13.8 Å². The lowest BCUT2D eigenvalue weighted by atomic mass is 10.1. The Morgan fingerprint density at radius 1 is 0.865 bits per heavy atom. The predicted octanol–water partition coefficient (Wildman–Crippen LogP) is 4.50. The average molecular weight is 498 g/mol. The summed E-state index contributed by atoms with van der Waals surface area (Å²) >= 11 is 0. The van der Waals surface area contributed by atoms with E-state index in [0.29, 0.717) is 11.4 Å². The first-order chi connectivity index (χ1) is 17.8. The molecule has 5 rings (SSSR count). The fourth-order valence-corrected chi connectivity index (χ4v) is 4.69. The molecular weight excluding hydrogens is 470 g/mol. The number of benzene rings is 3. The van der Waals surface area contributed by atoms with Gasteiger partial charge in [0.1, 0.15) is 0 Å². The molecule has 0 unspecified atom stereocenters. The van der Waals surface area contributed by atoms with Crippen LogP contribution in [0.15, 0.2) is 60.7 Å². The van der Waals surface area contributed by atoms with Gasteiger partial charge in [-0.15, -0.1) is 0 Å². The Morgan fingerprint density at radius 3 is 2.30 bits per heavy atom. The van der Waals surface area contributed by atoms with E-state index in [9.17, 15) is 19.2 Å². The smallest absolute Gasteiger partial charge is 0.338 e. The van der Waals surface area contributed by atoms with Gasteiger partial charge in [0.05, 0.1) is 22.4 Å². The van der Waals surface area contributed by atoms with E-state index in [2.05, 4.69) is 10.2 Å². The van der Waals surface area contributed by atoms with E-state index in [0.717, 1.165) is 34.8 Å². The number of rotatable bonds is 6. The summed E-state index contributed by atoms with van der Waals surface area (Å²) in [5.74, 6) is -2.18. The Labute approximate surface area is 214 Å². The van der Waals surface area contributed by atoms with Gasteiger partial charge in [0.2, 0.25) is 0 Å². The highest BCUT2D eigenvalue weighted by atomic mass is 16.5. The van der Waals surface area contributed by atoms with E-state index in [1.165, 1.54) is 31.0 Å². The lowest BCUT2D eigenvalue weighted by Crippen LogP contribution is -2.30. The summed E-state index contributed by atoms with van der Waals surface area (Å²) in [6.07, 6.45) is 2.37. The van der Waals surface area contributed by atoms with Gasteiger partial charge in [-0.25, -0.2) is 9.69 Å². The molecule has 188 valence electrons. The van der Waals surface area contributed by atoms with Crippen molar-refractivity contribution >= 4 is 40.8 Å². The summed E-state index contributed by atoms with van der Waals surface area (Å²) in [4.78, 5) is 54.4. The quantitative estimate of drug-likeness (QED) is 0.398. The molecule has 2 aliphatic heterocycles. The van der Waals surface area contributed by atoms with Gasteiger partial charge >= 0.3 is 5.97 Å². The van der Waals surface area contributed by atoms with Crippen molar-refractivity contribution in [2.45, 2.75) is 26.7 Å². The van der Waals surface area contributed by atoms with E-state index >= 15 is 0 Å². The molecule has 1 N–H and O–H groups in total. The van der Waals surface area contributed by atoms with Crippen LogP contribution in [-0.2, 0) is 9.53 Å². The Bertz CT molecular complexity index is 1410. The first-order valence-corrected chi connectivity index (χ1v) is 12.2. The Balaban J connectivity index is 1.22. The number of ether oxygens (including phenoxy) is 1. The molecule has 2 aliphatic rings. The average Bonchev–Trinajstić information content (AvgIpc) is 3.52. The Kier molecular flexibility index (Phi) is 6.48. The van der Waals surface area contributed by atoms with Crippen molar-refractivity contribution in [3.8, 4) is 0 Å². The van der Waals surface area contributed by atoms with Crippen LogP contribution in [0.25, 0.3) is 0 Å². The molecule has 3 aromatic carbocycles. The second-order valence-electron chi connectivity index (χ2n) is 9.36. The van der Waals surface area contributed by atoms with Gasteiger partial charge in [0, 0.05) is 24.5 Å². The molecule has 0 aliphatic carbocycles. The van der Waals surface area contributed by atoms with Gasteiger partial charge in [0.25, 0.3) is 17.7 Å². The number of nitrogens with one attached hydrogen (secondary N) is 1. The zero-order chi connectivity index (χ0) is 26.1. The molecule has 1 saturated heterocycles. The molecule has 8 nitrogen and oxygen atoms in total. The van der Waals surface area contributed by atoms with Crippen LogP contribution < -0.4 is 15.1 Å². The number of fused-ring (bicyclic) bond motifs is 1. The number of imide groups is 1. The molecule has 1 fully saturated rings. The SMILES string of the molecule is Cc1ccc(C)c(N2C(=O)c3ccc(C(=O)OCC(=O)Nc4ccc(N5CCCC5)cc4)cc3C2=O)c1. The van der Waals surface area contributed by atoms with Crippen molar-refractivity contribution in [3.63, 3.8) is 0 Å². The zero-order valence-electron chi connectivity index (χ0n) is 20.7. The van der Waals surface area contributed by atoms with Gasteiger partial charge < -0.3 is 15.0 Å². The van der Waals surface area contributed by atoms with Crippen LogP contribution in [0.1, 0.15) is 55.0 Å². The van der Waals surface area contributed by atoms with Crippen LogP contribution >= 0.6 is 0 Å². The third-order valence-corrected chi connectivity index (χ3v) is 6.68. The maximum atomic E-state index is 13.1. The van der Waals surface area contributed by atoms with Crippen molar-refractivity contribution in [1.29, 1.82) is 0 Å². The number of amides is 3. The van der Waals surface area contributed by atoms with Crippen molar-refractivity contribution in [2.75, 3.05) is 34.8 Å². The fraction of sp³-hybridized carbons (Fsp3) is 0.241. The van der Waals surface area contributed by atoms with Crippen LogP contribution in [0.5, 0.6) is 0 Å². The number of hydrogen-bond acceptors (Lipinski definition) is 6. The highest BCUT2D eigenvalue weighted by molar-refractivity contribution is 6.35. The molecule has 37 heavy (non-hydrogen) atoms. The normalized spacial score (nSPS) is 14.6. The van der Waals surface area contributed by atoms with Crippen LogP contribution in [-0.4, -0.2) is 43.4 Å². The predicted molar refractivity (Wildman–Crippen MR) is 140 cm³/mol. The number of esters is 1. The number of nitrogens with zero attached hydrogens (tertiary/aromatic N) is 2. The van der Waals surface area contributed by atoms with E-state index in [-0.39, 0.29) is 16.7 Å². The number of aryl methyl sites for hydroxylation is 2. The first-order valence-electron chi connectivity index (χ1n) is 12.2. The number of carbonyl (C=O) groups is 4. The van der Waals surface area contributed by atoms with Gasteiger partial charge in [-0.2, -0.15) is 0 Å². The summed E-state index contributed by atoms with van der Waals surface area (Å²) < 4.78 is 5.17. The number of hydrogen-bond donors (Lipinski definition) is 1. The molecule has 0 aromatic heterocycles. The van der Waals surface area contributed by atoms with Crippen molar-refractivity contribution in [3.05, 3.63) is 88.5 Å². The maximum absolute atomic E-state index is 13.1. The molecule has 0 spiro atoms. The summed E-state index contributed by atoms with van der Waals surface area (Å²) in [5, 5.41) is 2.71. The van der Waals surface area contributed by atoms with E-state index in [1.54, 1.807) is 6.07 Å². The molecule has 3 aromatic rings. The molecule has 0 atom stereocenters. The van der Waals surface area contributed by atoms with Crippen molar-refractivity contribution in [2.24, 2.45) is 0 Å². The van der Waals surface area contributed by atoms with Gasteiger partial charge in [-0.1, -0.05) is 12.1 Å². The maximum Gasteiger partial charge on any atom is 0.338 e. The summed E-state index contributed by atoms with van der Waals surface area (Å²) in [6, 6.07) is 17.3. The minimum atomic E-state index is -0.757. The molecular formula is C29H27N3O5. The second-order valence-corrected chi connectivity index (χ2v) is 9.36. The summed E-state index contributed by atoms with van der Waals surface area (Å²) in [7, 11) is 0. The summed E-state index contributed by atoms with van der Waals surface area (Å²) in [5.41, 5.74) is 4.38. The lowest BCUT2D eigenvalue weighted by Gasteiger charge is -2.17. The minimum absolute atomic E-state index is 0.0884. The van der Waals surface area contributed by atoms with Crippen molar-refractivity contribution in [1.82, 2.24) is 0 Å². The standard InChI is InChI=1S/C29H27N3O5/c1-18-5-6-19(2)25(15-18)32-27(34)23-12-7-20(16-24(23)28(32)35)29(36)37-17-26(33)30-21-8-10-22(11-9-21)31-13-3-4-14-31/h5-12,15-16H,3-4,13-14,17H2,1-2H3,(H,30,33). The third-order valence-electron chi connectivity index (χ3n) is 6.68. The van der Waals surface area contributed by atoms with Gasteiger partial charge in [0.15, 0.2) is 6.61 Å². The Morgan fingerprint density at radius 2 is 1.57 bits per heavy atom. The van der Waals surface area contributed by atoms with Crippen LogP contribution in [0.2, 0.25) is 0 Å². The van der Waals surface area contributed by atoms with Gasteiger partial charge in [-0.05, 0) is 86.3 Å². The largest absolute Gasteiger partial charge is 0.452 e. The van der Waals surface area contributed by atoms with E-state index < -0.39 is 30.3 Å². The lowest BCUT2D eigenvalue weighted by molar-refractivity contribution is -0.119. The molecule has 2 heterocycles. The summed E-state index contributed by atoms with van der Waals surface area (Å²) in [6.45, 7) is 5.30. The fourth-order valence-electron chi connectivity index (χ4n) is 4.69. The monoisotopic (exact) mass is 497 g/mol. The molecule has 8 heteroatoms. The van der Waals surface area contributed by atoms with Crippen molar-refractivity contribution < 1.29 is 23.9 Å². The third kappa shape index (κ3) is 4.82.